The van der Waals surface area contributed by atoms with Gasteiger partial charge in [-0.25, -0.2) is 4.98 Å². The van der Waals surface area contributed by atoms with Crippen LogP contribution in [0.3, 0.4) is 0 Å². The van der Waals surface area contributed by atoms with Crippen LogP contribution in [0.4, 0.5) is 10.9 Å². The van der Waals surface area contributed by atoms with Crippen molar-refractivity contribution < 1.29 is 4.79 Å². The van der Waals surface area contributed by atoms with Gasteiger partial charge >= 0.3 is 0 Å². The quantitative estimate of drug-likeness (QED) is 0.889. The highest BCUT2D eigenvalue weighted by atomic mass is 32.1. The molecule has 0 fully saturated rings. The highest BCUT2D eigenvalue weighted by Gasteiger charge is 2.24. The SMILES string of the molecule is CCC(C)N(CC)C(=O)c1sc(N(C)C)nc1N. The van der Waals surface area contributed by atoms with Gasteiger partial charge in [-0.1, -0.05) is 18.3 Å². The van der Waals surface area contributed by atoms with Gasteiger partial charge in [0.2, 0.25) is 0 Å². The molecular formula is C12H22N4OS. The molecule has 0 aromatic carbocycles. The van der Waals surface area contributed by atoms with Gasteiger partial charge in [-0.3, -0.25) is 4.79 Å². The predicted molar refractivity (Wildman–Crippen MR) is 77.3 cm³/mol. The zero-order valence-corrected chi connectivity index (χ0v) is 12.5. The van der Waals surface area contributed by atoms with Crippen molar-refractivity contribution in [2.24, 2.45) is 0 Å². The average Bonchev–Trinajstić information content (AvgIpc) is 2.72. The highest BCUT2D eigenvalue weighted by molar-refractivity contribution is 7.18. The summed E-state index contributed by atoms with van der Waals surface area (Å²) in [5.41, 5.74) is 5.84. The largest absolute Gasteiger partial charge is 0.382 e. The number of hydrogen-bond donors (Lipinski definition) is 1. The molecule has 0 aliphatic heterocycles. The number of rotatable bonds is 5. The van der Waals surface area contributed by atoms with Crippen LogP contribution in [0.15, 0.2) is 0 Å². The van der Waals surface area contributed by atoms with Crippen molar-refractivity contribution in [1.29, 1.82) is 0 Å². The van der Waals surface area contributed by atoms with E-state index in [-0.39, 0.29) is 11.9 Å². The lowest BCUT2D eigenvalue weighted by atomic mass is 10.2. The Morgan fingerprint density at radius 2 is 2.06 bits per heavy atom. The van der Waals surface area contributed by atoms with Crippen molar-refractivity contribution >= 4 is 28.2 Å². The summed E-state index contributed by atoms with van der Waals surface area (Å²) in [5, 5.41) is 0.760. The van der Waals surface area contributed by atoms with Crippen LogP contribution in [0.1, 0.15) is 36.9 Å². The van der Waals surface area contributed by atoms with Gasteiger partial charge in [0, 0.05) is 26.7 Å². The normalized spacial score (nSPS) is 12.3. The van der Waals surface area contributed by atoms with Crippen LogP contribution in [-0.2, 0) is 0 Å². The summed E-state index contributed by atoms with van der Waals surface area (Å²) in [7, 11) is 3.78. The standard InChI is InChI=1S/C12H22N4OS/c1-6-8(3)16(7-2)11(17)9-10(13)14-12(18-9)15(4)5/h8H,6-7,13H2,1-5H3. The molecular weight excluding hydrogens is 248 g/mol. The third kappa shape index (κ3) is 2.93. The molecule has 1 unspecified atom stereocenters. The summed E-state index contributed by atoms with van der Waals surface area (Å²) >= 11 is 1.35. The molecule has 0 bridgehead atoms. The lowest BCUT2D eigenvalue weighted by Crippen LogP contribution is -2.38. The number of nitrogen functional groups attached to an aromatic ring is 1. The van der Waals surface area contributed by atoms with Gasteiger partial charge in [0.05, 0.1) is 0 Å². The number of amides is 1. The van der Waals surface area contributed by atoms with E-state index < -0.39 is 0 Å². The molecule has 18 heavy (non-hydrogen) atoms. The maximum Gasteiger partial charge on any atom is 0.268 e. The Bertz CT molecular complexity index is 416. The number of carbonyl (C=O) groups is 1. The first-order chi connectivity index (χ1) is 8.42. The number of carbonyl (C=O) groups excluding carboxylic acids is 1. The lowest BCUT2D eigenvalue weighted by Gasteiger charge is -2.26. The minimum atomic E-state index is -0.0186. The van der Waals surface area contributed by atoms with Crippen molar-refractivity contribution in [3.05, 3.63) is 4.88 Å². The Labute approximate surface area is 113 Å². The molecule has 1 heterocycles. The molecule has 102 valence electrons. The molecule has 0 saturated heterocycles. The molecule has 1 aromatic heterocycles. The van der Waals surface area contributed by atoms with Crippen LogP contribution < -0.4 is 10.6 Å². The number of thiazole rings is 1. The van der Waals surface area contributed by atoms with Gasteiger partial charge in [0.1, 0.15) is 10.7 Å². The third-order valence-electron chi connectivity index (χ3n) is 2.94. The van der Waals surface area contributed by atoms with E-state index in [9.17, 15) is 4.79 Å². The number of nitrogens with two attached hydrogens (primary N) is 1. The fourth-order valence-corrected chi connectivity index (χ4v) is 2.53. The van der Waals surface area contributed by atoms with Gasteiger partial charge in [-0.15, -0.1) is 0 Å². The van der Waals surface area contributed by atoms with E-state index >= 15 is 0 Å². The second-order valence-corrected chi connectivity index (χ2v) is 5.43. The molecule has 1 amide bonds. The van der Waals surface area contributed by atoms with Crippen LogP contribution in [0.25, 0.3) is 0 Å². The molecule has 0 aliphatic rings. The number of aromatic nitrogens is 1. The van der Waals surface area contributed by atoms with E-state index in [1.165, 1.54) is 11.3 Å². The van der Waals surface area contributed by atoms with Gasteiger partial charge in [0.15, 0.2) is 5.13 Å². The van der Waals surface area contributed by atoms with Gasteiger partial charge in [-0.05, 0) is 20.3 Å². The van der Waals surface area contributed by atoms with Crippen LogP contribution in [0.2, 0.25) is 0 Å². The first kappa shape index (κ1) is 14.8. The molecule has 1 rings (SSSR count). The van der Waals surface area contributed by atoms with Crippen molar-refractivity contribution in [1.82, 2.24) is 9.88 Å². The fraction of sp³-hybridized carbons (Fsp3) is 0.667. The van der Waals surface area contributed by atoms with Gasteiger partial charge in [-0.2, -0.15) is 0 Å². The Balaban J connectivity index is 3.02. The van der Waals surface area contributed by atoms with Crippen molar-refractivity contribution in [2.45, 2.75) is 33.2 Å². The van der Waals surface area contributed by atoms with Crippen molar-refractivity contribution in [2.75, 3.05) is 31.3 Å². The first-order valence-corrected chi connectivity index (χ1v) is 6.98. The summed E-state index contributed by atoms with van der Waals surface area (Å²) in [4.78, 5) is 20.9. The van der Waals surface area contributed by atoms with E-state index in [1.54, 1.807) is 0 Å². The second-order valence-electron chi connectivity index (χ2n) is 4.45. The lowest BCUT2D eigenvalue weighted by molar-refractivity contribution is 0.0706. The Hall–Kier alpha value is -1.30. The van der Waals surface area contributed by atoms with Crippen LogP contribution in [0.5, 0.6) is 0 Å². The highest BCUT2D eigenvalue weighted by Crippen LogP contribution is 2.28. The Morgan fingerprint density at radius 1 is 1.44 bits per heavy atom. The third-order valence-corrected chi connectivity index (χ3v) is 4.17. The topological polar surface area (TPSA) is 62.5 Å². The maximum absolute atomic E-state index is 12.4. The zero-order valence-electron chi connectivity index (χ0n) is 11.7. The summed E-state index contributed by atoms with van der Waals surface area (Å²) in [6.07, 6.45) is 0.929. The molecule has 1 aromatic rings. The molecule has 5 nitrogen and oxygen atoms in total. The van der Waals surface area contributed by atoms with Crippen molar-refractivity contribution in [3.8, 4) is 0 Å². The van der Waals surface area contributed by atoms with Gasteiger partial charge in [0.25, 0.3) is 5.91 Å². The summed E-state index contributed by atoms with van der Waals surface area (Å²) in [5.74, 6) is 0.311. The van der Waals surface area contributed by atoms with Crippen LogP contribution in [-0.4, -0.2) is 42.5 Å². The number of hydrogen-bond acceptors (Lipinski definition) is 5. The fourth-order valence-electron chi connectivity index (χ4n) is 1.67. The summed E-state index contributed by atoms with van der Waals surface area (Å²) < 4.78 is 0. The maximum atomic E-state index is 12.4. The Kier molecular flexibility index (Phi) is 4.95. The summed E-state index contributed by atoms with van der Waals surface area (Å²) in [6, 6.07) is 0.215. The minimum Gasteiger partial charge on any atom is -0.382 e. The van der Waals surface area contributed by atoms with Gasteiger partial charge < -0.3 is 15.5 Å². The molecule has 0 spiro atoms. The van der Waals surface area contributed by atoms with E-state index in [0.717, 1.165) is 11.6 Å². The first-order valence-electron chi connectivity index (χ1n) is 6.16. The molecule has 6 heteroatoms. The van der Waals surface area contributed by atoms with Crippen molar-refractivity contribution in [3.63, 3.8) is 0 Å². The predicted octanol–water partition coefficient (Wildman–Crippen LogP) is 2.05. The van der Waals surface area contributed by atoms with E-state index in [1.807, 2.05) is 37.7 Å². The molecule has 0 radical (unpaired) electrons. The average molecular weight is 270 g/mol. The van der Waals surface area contributed by atoms with E-state index in [0.29, 0.717) is 17.2 Å². The summed E-state index contributed by atoms with van der Waals surface area (Å²) in [6.45, 7) is 6.78. The Morgan fingerprint density at radius 3 is 2.44 bits per heavy atom. The molecule has 2 N–H and O–H groups in total. The molecule has 1 atom stereocenters. The number of anilines is 2. The zero-order chi connectivity index (χ0) is 13.9. The number of nitrogens with zero attached hydrogens (tertiary/aromatic N) is 3. The second kappa shape index (κ2) is 6.04. The minimum absolute atomic E-state index is 0.0186. The molecule has 0 saturated carbocycles. The van der Waals surface area contributed by atoms with E-state index in [2.05, 4.69) is 11.9 Å². The smallest absolute Gasteiger partial charge is 0.268 e. The monoisotopic (exact) mass is 270 g/mol. The molecule has 0 aliphatic carbocycles. The van der Waals surface area contributed by atoms with Crippen LogP contribution >= 0.6 is 11.3 Å². The van der Waals surface area contributed by atoms with Crippen LogP contribution in [0, 0.1) is 0 Å². The van der Waals surface area contributed by atoms with E-state index in [4.69, 9.17) is 5.73 Å².